The molecule has 6 nitrogen and oxygen atoms in total. The summed E-state index contributed by atoms with van der Waals surface area (Å²) in [6.07, 6.45) is 0.467. The quantitative estimate of drug-likeness (QED) is 0.554. The van der Waals surface area contributed by atoms with Crippen molar-refractivity contribution in [2.45, 2.75) is 25.2 Å². The summed E-state index contributed by atoms with van der Waals surface area (Å²) in [6.45, 7) is 0.766. The van der Waals surface area contributed by atoms with Crippen molar-refractivity contribution in [1.82, 2.24) is 5.32 Å². The third-order valence-electron chi connectivity index (χ3n) is 3.57. The molecule has 3 N–H and O–H groups in total. The molecule has 24 heavy (non-hydrogen) atoms. The second-order valence-corrected chi connectivity index (χ2v) is 5.35. The van der Waals surface area contributed by atoms with Crippen LogP contribution in [-0.4, -0.2) is 28.3 Å². The number of carboxylic acid groups (broad SMARTS) is 1. The fraction of sp³-hybridized carbons (Fsp3) is 0.222. The zero-order chi connectivity index (χ0) is 17.4. The van der Waals surface area contributed by atoms with Crippen LogP contribution < -0.4 is 10.1 Å². The van der Waals surface area contributed by atoms with Gasteiger partial charge in [-0.3, -0.25) is 4.79 Å². The van der Waals surface area contributed by atoms with Crippen LogP contribution in [0.1, 0.15) is 17.5 Å². The fourth-order valence-electron chi connectivity index (χ4n) is 2.20. The molecule has 0 saturated carbocycles. The normalized spacial score (nSPS) is 13.7. The molecule has 0 fully saturated rings. The zero-order valence-corrected chi connectivity index (χ0v) is 13.0. The highest BCUT2D eigenvalue weighted by Gasteiger charge is 2.34. The van der Waals surface area contributed by atoms with Crippen LogP contribution in [0.4, 0.5) is 0 Å². The molecule has 1 amide bonds. The maximum atomic E-state index is 10.8. The lowest BCUT2D eigenvalue weighted by Gasteiger charge is -2.22. The minimum absolute atomic E-state index is 0.0783. The molecule has 1 unspecified atom stereocenters. The van der Waals surface area contributed by atoms with Gasteiger partial charge in [-0.1, -0.05) is 42.5 Å². The Morgan fingerprint density at radius 3 is 2.54 bits per heavy atom. The average Bonchev–Trinajstić information content (AvgIpc) is 2.92. The van der Waals surface area contributed by atoms with E-state index in [2.05, 4.69) is 12.1 Å². The molecule has 0 radical (unpaired) electrons. The lowest BCUT2D eigenvalue weighted by molar-refractivity contribution is -0.164. The van der Waals surface area contributed by atoms with Gasteiger partial charge >= 0.3 is 5.97 Å². The predicted molar refractivity (Wildman–Crippen MR) is 87.3 cm³/mol. The molecule has 1 atom stereocenters. The van der Waals surface area contributed by atoms with E-state index in [0.717, 1.165) is 17.9 Å². The molecule has 2 bridgehead atoms. The van der Waals surface area contributed by atoms with Gasteiger partial charge < -0.3 is 20.3 Å². The smallest absolute Gasteiger partial charge is 0.357 e. The van der Waals surface area contributed by atoms with Crippen LogP contribution in [0.2, 0.25) is 0 Å². The number of carbonyl (C=O) groups is 2. The van der Waals surface area contributed by atoms with E-state index in [4.69, 9.17) is 9.84 Å². The van der Waals surface area contributed by atoms with E-state index < -0.39 is 11.7 Å². The van der Waals surface area contributed by atoms with Crippen molar-refractivity contribution >= 4 is 12.4 Å². The highest BCUT2D eigenvalue weighted by atomic mass is 16.5. The minimum Gasteiger partial charge on any atom is -0.489 e. The van der Waals surface area contributed by atoms with Gasteiger partial charge in [-0.25, -0.2) is 4.79 Å². The largest absolute Gasteiger partial charge is 0.489 e. The molecule has 1 aliphatic heterocycles. The number of aryl methyl sites for hydroxylation is 1. The highest BCUT2D eigenvalue weighted by molar-refractivity contribution is 5.79. The Bertz CT molecular complexity index is 670. The fourth-order valence-corrected chi connectivity index (χ4v) is 2.20. The molecule has 0 aliphatic carbocycles. The van der Waals surface area contributed by atoms with Gasteiger partial charge in [0.1, 0.15) is 12.4 Å². The molecule has 2 aromatic rings. The molecule has 0 spiro atoms. The Balaban J connectivity index is 0.000000214. The number of benzene rings is 2. The lowest BCUT2D eigenvalue weighted by Crippen LogP contribution is -2.51. The van der Waals surface area contributed by atoms with Gasteiger partial charge in [0.15, 0.2) is 0 Å². The summed E-state index contributed by atoms with van der Waals surface area (Å²) in [4.78, 5) is 21.0. The zero-order valence-electron chi connectivity index (χ0n) is 13.0. The summed E-state index contributed by atoms with van der Waals surface area (Å²) in [6, 6.07) is 17.2. The summed E-state index contributed by atoms with van der Waals surface area (Å²) >= 11 is 0. The van der Waals surface area contributed by atoms with E-state index in [-0.39, 0.29) is 12.8 Å². The van der Waals surface area contributed by atoms with Crippen molar-refractivity contribution in [3.05, 3.63) is 65.7 Å². The van der Waals surface area contributed by atoms with E-state index in [1.807, 2.05) is 47.8 Å². The SMILES string of the molecule is O=CNC(O)(CCc1ccccc1)C(=O)O.c1cc2cc(c1)OC2. The van der Waals surface area contributed by atoms with Crippen molar-refractivity contribution < 1.29 is 24.5 Å². The van der Waals surface area contributed by atoms with Crippen molar-refractivity contribution in [1.29, 1.82) is 0 Å². The van der Waals surface area contributed by atoms with Crippen LogP contribution in [0.15, 0.2) is 54.6 Å². The van der Waals surface area contributed by atoms with Crippen LogP contribution in [0.5, 0.6) is 5.75 Å². The van der Waals surface area contributed by atoms with Gasteiger partial charge in [0, 0.05) is 6.42 Å². The Kier molecular flexibility index (Phi) is 5.92. The van der Waals surface area contributed by atoms with E-state index in [1.165, 1.54) is 5.56 Å². The third kappa shape index (κ3) is 4.82. The number of aliphatic carboxylic acids is 1. The van der Waals surface area contributed by atoms with E-state index in [9.17, 15) is 14.7 Å². The number of nitrogens with one attached hydrogen (secondary N) is 1. The first kappa shape index (κ1) is 17.5. The number of aliphatic hydroxyl groups is 1. The number of fused-ring (bicyclic) bond motifs is 2. The molecule has 2 aromatic carbocycles. The van der Waals surface area contributed by atoms with Crippen LogP contribution in [0, 0.1) is 0 Å². The third-order valence-corrected chi connectivity index (χ3v) is 3.57. The summed E-state index contributed by atoms with van der Waals surface area (Å²) in [5.74, 6) is -0.460. The van der Waals surface area contributed by atoms with Crippen molar-refractivity contribution in [3.63, 3.8) is 0 Å². The number of carbonyl (C=O) groups excluding carboxylic acids is 1. The number of hydrogen-bond donors (Lipinski definition) is 3. The maximum absolute atomic E-state index is 10.8. The molecular weight excluding hydrogens is 310 g/mol. The second kappa shape index (κ2) is 8.12. The first-order valence-electron chi connectivity index (χ1n) is 7.46. The Morgan fingerprint density at radius 2 is 1.96 bits per heavy atom. The van der Waals surface area contributed by atoms with Gasteiger partial charge in [-0.05, 0) is 29.7 Å². The number of hydrogen-bond acceptors (Lipinski definition) is 4. The summed E-state index contributed by atoms with van der Waals surface area (Å²) in [5.41, 5.74) is -0.0187. The van der Waals surface area contributed by atoms with Gasteiger partial charge in [0.25, 0.3) is 0 Å². The van der Waals surface area contributed by atoms with E-state index in [0.29, 0.717) is 6.42 Å². The Morgan fingerprint density at radius 1 is 1.21 bits per heavy atom. The van der Waals surface area contributed by atoms with Crippen molar-refractivity contribution in [2.24, 2.45) is 0 Å². The highest BCUT2D eigenvalue weighted by Crippen LogP contribution is 2.20. The van der Waals surface area contributed by atoms with Gasteiger partial charge in [0.05, 0.1) is 0 Å². The first-order chi connectivity index (χ1) is 11.5. The molecule has 1 aliphatic rings. The van der Waals surface area contributed by atoms with Crippen LogP contribution >= 0.6 is 0 Å². The van der Waals surface area contributed by atoms with Gasteiger partial charge in [0.2, 0.25) is 12.1 Å². The number of ether oxygens (including phenoxy) is 1. The molecule has 1 heterocycles. The maximum Gasteiger partial charge on any atom is 0.357 e. The monoisotopic (exact) mass is 329 g/mol. The molecule has 6 heteroatoms. The summed E-state index contributed by atoms with van der Waals surface area (Å²) in [7, 11) is 0. The van der Waals surface area contributed by atoms with Crippen LogP contribution in [0.25, 0.3) is 0 Å². The summed E-state index contributed by atoms with van der Waals surface area (Å²) in [5, 5.41) is 20.3. The van der Waals surface area contributed by atoms with Gasteiger partial charge in [-0.15, -0.1) is 0 Å². The summed E-state index contributed by atoms with van der Waals surface area (Å²) < 4.78 is 5.18. The first-order valence-corrected chi connectivity index (χ1v) is 7.46. The van der Waals surface area contributed by atoms with Crippen molar-refractivity contribution in [2.75, 3.05) is 0 Å². The van der Waals surface area contributed by atoms with Gasteiger partial charge in [-0.2, -0.15) is 0 Å². The van der Waals surface area contributed by atoms with Crippen LogP contribution in [0.3, 0.4) is 0 Å². The molecule has 3 rings (SSSR count). The Labute approximate surface area is 139 Å². The standard InChI is InChI=1S/C11H13NO4.C7H6O/c13-8-12-11(16,10(14)15)7-6-9-4-2-1-3-5-9;1-2-6-4-7(3-1)8-5-6/h1-5,8,16H,6-7H2,(H,12,13)(H,14,15);1-4H,5H2. The van der Waals surface area contributed by atoms with Crippen LogP contribution in [-0.2, 0) is 22.6 Å². The molecule has 126 valence electrons. The number of rotatable bonds is 6. The van der Waals surface area contributed by atoms with Crippen molar-refractivity contribution in [3.8, 4) is 5.75 Å². The van der Waals surface area contributed by atoms with E-state index >= 15 is 0 Å². The topological polar surface area (TPSA) is 95.9 Å². The molecule has 0 aromatic heterocycles. The minimum atomic E-state index is -2.20. The number of carboxylic acids is 1. The second-order valence-electron chi connectivity index (χ2n) is 5.35. The molecular formula is C18H19NO5. The Hall–Kier alpha value is -2.86. The molecule has 0 saturated heterocycles. The lowest BCUT2D eigenvalue weighted by atomic mass is 10.0. The predicted octanol–water partition coefficient (Wildman–Crippen LogP) is 1.72. The number of amides is 1. The van der Waals surface area contributed by atoms with E-state index in [1.54, 1.807) is 0 Å². The average molecular weight is 329 g/mol.